The number of halogens is 2. The predicted molar refractivity (Wildman–Crippen MR) is 75.2 cm³/mol. The lowest BCUT2D eigenvalue weighted by Crippen LogP contribution is -2.20. The molecular formula is C14H12ClFN2O. The smallest absolute Gasteiger partial charge is 0.308 e. The first-order chi connectivity index (χ1) is 9.06. The third-order valence-electron chi connectivity index (χ3n) is 2.51. The SMILES string of the molecule is Cc1ccc(NC(=O)Nc2c(F)cccc2Cl)cc1. The van der Waals surface area contributed by atoms with Gasteiger partial charge in [-0.05, 0) is 31.2 Å². The number of aryl methyl sites for hydroxylation is 1. The van der Waals surface area contributed by atoms with Crippen molar-refractivity contribution < 1.29 is 9.18 Å². The summed E-state index contributed by atoms with van der Waals surface area (Å²) in [7, 11) is 0. The van der Waals surface area contributed by atoms with Gasteiger partial charge in [-0.3, -0.25) is 0 Å². The van der Waals surface area contributed by atoms with Crippen molar-refractivity contribution in [3.63, 3.8) is 0 Å². The fraction of sp³-hybridized carbons (Fsp3) is 0.0714. The highest BCUT2D eigenvalue weighted by molar-refractivity contribution is 6.33. The van der Waals surface area contributed by atoms with E-state index in [1.54, 1.807) is 12.1 Å². The number of carbonyl (C=O) groups is 1. The maximum Gasteiger partial charge on any atom is 0.323 e. The highest BCUT2D eigenvalue weighted by Gasteiger charge is 2.10. The second kappa shape index (κ2) is 5.71. The number of hydrogen-bond acceptors (Lipinski definition) is 1. The van der Waals surface area contributed by atoms with Gasteiger partial charge in [0.1, 0.15) is 5.82 Å². The number of benzene rings is 2. The zero-order valence-electron chi connectivity index (χ0n) is 10.2. The minimum atomic E-state index is -0.577. The molecule has 2 N–H and O–H groups in total. The molecule has 0 saturated heterocycles. The Morgan fingerprint density at radius 3 is 2.42 bits per heavy atom. The van der Waals surface area contributed by atoms with E-state index in [-0.39, 0.29) is 10.7 Å². The summed E-state index contributed by atoms with van der Waals surface area (Å²) in [4.78, 5) is 11.7. The zero-order valence-corrected chi connectivity index (χ0v) is 11.0. The van der Waals surface area contributed by atoms with Crippen molar-refractivity contribution in [2.24, 2.45) is 0 Å². The van der Waals surface area contributed by atoms with Crippen molar-refractivity contribution in [3.8, 4) is 0 Å². The first-order valence-corrected chi connectivity index (χ1v) is 6.03. The van der Waals surface area contributed by atoms with Crippen LogP contribution in [0.4, 0.5) is 20.6 Å². The lowest BCUT2D eigenvalue weighted by Gasteiger charge is -2.09. The van der Waals surface area contributed by atoms with Gasteiger partial charge >= 0.3 is 6.03 Å². The molecule has 98 valence electrons. The van der Waals surface area contributed by atoms with E-state index in [2.05, 4.69) is 10.6 Å². The number of nitrogens with one attached hydrogen (secondary N) is 2. The Labute approximate surface area is 115 Å². The van der Waals surface area contributed by atoms with Crippen LogP contribution in [0, 0.1) is 12.7 Å². The molecule has 19 heavy (non-hydrogen) atoms. The van der Waals surface area contributed by atoms with Gasteiger partial charge < -0.3 is 10.6 Å². The first-order valence-electron chi connectivity index (χ1n) is 5.65. The highest BCUT2D eigenvalue weighted by Crippen LogP contribution is 2.24. The summed E-state index contributed by atoms with van der Waals surface area (Å²) < 4.78 is 13.5. The van der Waals surface area contributed by atoms with Crippen molar-refractivity contribution in [1.29, 1.82) is 0 Å². The Morgan fingerprint density at radius 2 is 1.79 bits per heavy atom. The van der Waals surface area contributed by atoms with E-state index in [0.29, 0.717) is 5.69 Å². The van der Waals surface area contributed by atoms with Crippen molar-refractivity contribution >= 4 is 29.0 Å². The molecule has 0 aliphatic carbocycles. The Balaban J connectivity index is 2.07. The molecule has 2 rings (SSSR count). The minimum absolute atomic E-state index is 0.0335. The van der Waals surface area contributed by atoms with E-state index >= 15 is 0 Å². The number of rotatable bonds is 2. The van der Waals surface area contributed by atoms with Crippen LogP contribution >= 0.6 is 11.6 Å². The molecule has 3 nitrogen and oxygen atoms in total. The molecule has 2 aromatic rings. The van der Waals surface area contributed by atoms with Crippen LogP contribution < -0.4 is 10.6 Å². The van der Waals surface area contributed by atoms with Crippen molar-refractivity contribution in [2.45, 2.75) is 6.92 Å². The van der Waals surface area contributed by atoms with Gasteiger partial charge in [0.25, 0.3) is 0 Å². The molecular weight excluding hydrogens is 267 g/mol. The topological polar surface area (TPSA) is 41.1 Å². The number of hydrogen-bond donors (Lipinski definition) is 2. The molecule has 0 unspecified atom stereocenters. The third kappa shape index (κ3) is 3.45. The second-order valence-electron chi connectivity index (χ2n) is 4.04. The summed E-state index contributed by atoms with van der Waals surface area (Å²) in [5.41, 5.74) is 1.67. The van der Waals surface area contributed by atoms with Gasteiger partial charge in [0.2, 0.25) is 0 Å². The first kappa shape index (κ1) is 13.4. The number of urea groups is 1. The van der Waals surface area contributed by atoms with E-state index in [1.807, 2.05) is 19.1 Å². The third-order valence-corrected chi connectivity index (χ3v) is 2.83. The second-order valence-corrected chi connectivity index (χ2v) is 4.45. The Hall–Kier alpha value is -2.07. The van der Waals surface area contributed by atoms with Crippen molar-refractivity contribution in [2.75, 3.05) is 10.6 Å². The molecule has 5 heteroatoms. The van der Waals surface area contributed by atoms with Crippen LogP contribution in [-0.4, -0.2) is 6.03 Å². The Morgan fingerprint density at radius 1 is 1.11 bits per heavy atom. The molecule has 2 aromatic carbocycles. The maximum atomic E-state index is 13.5. The van der Waals surface area contributed by atoms with Crippen LogP contribution in [0.15, 0.2) is 42.5 Å². The normalized spacial score (nSPS) is 10.1. The molecule has 0 radical (unpaired) electrons. The van der Waals surface area contributed by atoms with Gasteiger partial charge in [-0.1, -0.05) is 35.4 Å². The molecule has 0 heterocycles. The molecule has 0 fully saturated rings. The summed E-state index contributed by atoms with van der Waals surface area (Å²) in [5.74, 6) is -0.577. The van der Waals surface area contributed by atoms with Crippen LogP contribution in [0.2, 0.25) is 5.02 Å². The monoisotopic (exact) mass is 278 g/mol. The van der Waals surface area contributed by atoms with Crippen molar-refractivity contribution in [3.05, 3.63) is 58.9 Å². The molecule has 0 aliphatic rings. The number of amides is 2. The van der Waals surface area contributed by atoms with E-state index < -0.39 is 11.8 Å². The minimum Gasteiger partial charge on any atom is -0.308 e. The van der Waals surface area contributed by atoms with Crippen LogP contribution in [0.3, 0.4) is 0 Å². The predicted octanol–water partition coefficient (Wildman–Crippen LogP) is 4.43. The lowest BCUT2D eigenvalue weighted by atomic mass is 10.2. The van der Waals surface area contributed by atoms with E-state index in [9.17, 15) is 9.18 Å². The van der Waals surface area contributed by atoms with Crippen LogP contribution in [-0.2, 0) is 0 Å². The van der Waals surface area contributed by atoms with Gasteiger partial charge in [-0.15, -0.1) is 0 Å². The summed E-state index contributed by atoms with van der Waals surface area (Å²) in [5, 5.41) is 5.13. The summed E-state index contributed by atoms with van der Waals surface area (Å²) >= 11 is 5.81. The summed E-state index contributed by atoms with van der Waals surface area (Å²) in [6.07, 6.45) is 0. The fourth-order valence-electron chi connectivity index (χ4n) is 1.53. The lowest BCUT2D eigenvalue weighted by molar-refractivity contribution is 0.262. The molecule has 0 bridgehead atoms. The zero-order chi connectivity index (χ0) is 13.8. The number of carbonyl (C=O) groups excluding carboxylic acids is 1. The van der Waals surface area contributed by atoms with Crippen LogP contribution in [0.25, 0.3) is 0 Å². The standard InChI is InChI=1S/C14H12ClFN2O/c1-9-5-7-10(8-6-9)17-14(19)18-13-11(15)3-2-4-12(13)16/h2-8H,1H3,(H2,17,18,19). The van der Waals surface area contributed by atoms with Gasteiger partial charge in [0.15, 0.2) is 0 Å². The molecule has 2 amide bonds. The molecule has 0 aliphatic heterocycles. The summed E-state index contributed by atoms with van der Waals surface area (Å²) in [6.45, 7) is 1.95. The van der Waals surface area contributed by atoms with Gasteiger partial charge in [-0.2, -0.15) is 0 Å². The van der Waals surface area contributed by atoms with E-state index in [0.717, 1.165) is 5.56 Å². The average Bonchev–Trinajstić information content (AvgIpc) is 2.37. The number of para-hydroxylation sites is 1. The maximum absolute atomic E-state index is 13.5. The summed E-state index contributed by atoms with van der Waals surface area (Å²) in [6, 6.07) is 10.9. The van der Waals surface area contributed by atoms with Crippen LogP contribution in [0.5, 0.6) is 0 Å². The number of anilines is 2. The average molecular weight is 279 g/mol. The van der Waals surface area contributed by atoms with Crippen molar-refractivity contribution in [1.82, 2.24) is 0 Å². The van der Waals surface area contributed by atoms with Crippen LogP contribution in [0.1, 0.15) is 5.56 Å². The molecule has 0 aromatic heterocycles. The molecule has 0 saturated carbocycles. The molecule has 0 atom stereocenters. The van der Waals surface area contributed by atoms with Gasteiger partial charge in [0.05, 0.1) is 10.7 Å². The highest BCUT2D eigenvalue weighted by atomic mass is 35.5. The van der Waals surface area contributed by atoms with E-state index in [4.69, 9.17) is 11.6 Å². The van der Waals surface area contributed by atoms with Gasteiger partial charge in [-0.25, -0.2) is 9.18 Å². The Bertz CT molecular complexity index is 579. The van der Waals surface area contributed by atoms with E-state index in [1.165, 1.54) is 18.2 Å². The Kier molecular flexibility index (Phi) is 4.02. The molecule has 0 spiro atoms. The quantitative estimate of drug-likeness (QED) is 0.838. The largest absolute Gasteiger partial charge is 0.323 e. The van der Waals surface area contributed by atoms with Gasteiger partial charge in [0, 0.05) is 5.69 Å². The fourth-order valence-corrected chi connectivity index (χ4v) is 1.74.